The molecule has 1 N–H and O–H groups in total. The van der Waals surface area contributed by atoms with Gasteiger partial charge in [-0.3, -0.25) is 0 Å². The van der Waals surface area contributed by atoms with Gasteiger partial charge in [0.15, 0.2) is 0 Å². The summed E-state index contributed by atoms with van der Waals surface area (Å²) in [6, 6.07) is 16.3. The SMILES string of the molecule is CC(CCNC1CC1)c1ccc2ccccc2c1. The Morgan fingerprint density at radius 1 is 1.11 bits per heavy atom. The minimum atomic E-state index is 0.640. The average Bonchev–Trinajstić information content (AvgIpc) is 3.22. The lowest BCUT2D eigenvalue weighted by molar-refractivity contribution is 0.592. The van der Waals surface area contributed by atoms with Crippen LogP contribution in [0.4, 0.5) is 0 Å². The van der Waals surface area contributed by atoms with E-state index in [4.69, 9.17) is 0 Å². The standard InChI is InChI=1S/C17H21N/c1-13(10-11-18-17-8-9-17)15-7-6-14-4-2-3-5-16(14)12-15/h2-7,12-13,17-18H,8-11H2,1H3. The predicted octanol–water partition coefficient (Wildman–Crippen LogP) is 4.09. The molecule has 1 nitrogen and oxygen atoms in total. The Balaban J connectivity index is 1.67. The van der Waals surface area contributed by atoms with Crippen LogP contribution in [-0.4, -0.2) is 12.6 Å². The third-order valence-corrected chi connectivity index (χ3v) is 3.93. The first-order valence-corrected chi connectivity index (χ1v) is 7.05. The number of benzene rings is 2. The second-order valence-electron chi connectivity index (χ2n) is 5.52. The smallest absolute Gasteiger partial charge is 0.00682 e. The average molecular weight is 239 g/mol. The van der Waals surface area contributed by atoms with Gasteiger partial charge < -0.3 is 5.32 Å². The molecule has 0 saturated heterocycles. The lowest BCUT2D eigenvalue weighted by Gasteiger charge is -2.13. The first kappa shape index (κ1) is 11.7. The summed E-state index contributed by atoms with van der Waals surface area (Å²) in [4.78, 5) is 0. The molecule has 1 atom stereocenters. The largest absolute Gasteiger partial charge is 0.314 e. The molecule has 1 heteroatoms. The van der Waals surface area contributed by atoms with Crippen LogP contribution in [0, 0.1) is 0 Å². The van der Waals surface area contributed by atoms with Crippen LogP contribution in [0.1, 0.15) is 37.7 Å². The topological polar surface area (TPSA) is 12.0 Å². The van der Waals surface area contributed by atoms with Gasteiger partial charge in [-0.25, -0.2) is 0 Å². The molecule has 1 fully saturated rings. The summed E-state index contributed by atoms with van der Waals surface area (Å²) in [6.45, 7) is 3.48. The molecule has 2 aromatic carbocycles. The minimum Gasteiger partial charge on any atom is -0.314 e. The van der Waals surface area contributed by atoms with Gasteiger partial charge >= 0.3 is 0 Å². The molecular weight excluding hydrogens is 218 g/mol. The minimum absolute atomic E-state index is 0.640. The molecule has 0 bridgehead atoms. The quantitative estimate of drug-likeness (QED) is 0.828. The molecule has 0 spiro atoms. The van der Waals surface area contributed by atoms with Crippen LogP contribution < -0.4 is 5.32 Å². The predicted molar refractivity (Wildman–Crippen MR) is 78.0 cm³/mol. The molecule has 0 heterocycles. The van der Waals surface area contributed by atoms with Gasteiger partial charge in [-0.05, 0) is 48.1 Å². The van der Waals surface area contributed by atoms with E-state index in [1.807, 2.05) is 0 Å². The highest BCUT2D eigenvalue weighted by molar-refractivity contribution is 5.83. The van der Waals surface area contributed by atoms with Gasteiger partial charge in [0, 0.05) is 6.04 Å². The van der Waals surface area contributed by atoms with E-state index in [9.17, 15) is 0 Å². The van der Waals surface area contributed by atoms with E-state index in [0.717, 1.165) is 12.6 Å². The van der Waals surface area contributed by atoms with Gasteiger partial charge in [0.05, 0.1) is 0 Å². The summed E-state index contributed by atoms with van der Waals surface area (Å²) in [5.74, 6) is 0.640. The van der Waals surface area contributed by atoms with E-state index in [2.05, 4.69) is 54.7 Å². The van der Waals surface area contributed by atoms with Crippen LogP contribution in [0.25, 0.3) is 10.8 Å². The van der Waals surface area contributed by atoms with E-state index in [1.54, 1.807) is 0 Å². The molecule has 3 rings (SSSR count). The number of hydrogen-bond acceptors (Lipinski definition) is 1. The fourth-order valence-corrected chi connectivity index (χ4v) is 2.47. The van der Waals surface area contributed by atoms with Crippen molar-refractivity contribution in [2.45, 2.75) is 38.1 Å². The van der Waals surface area contributed by atoms with Gasteiger partial charge in [0.1, 0.15) is 0 Å². The summed E-state index contributed by atoms with van der Waals surface area (Å²) >= 11 is 0. The molecule has 2 aromatic rings. The lowest BCUT2D eigenvalue weighted by Crippen LogP contribution is -2.18. The highest BCUT2D eigenvalue weighted by Gasteiger charge is 2.20. The fourth-order valence-electron chi connectivity index (χ4n) is 2.47. The van der Waals surface area contributed by atoms with Crippen molar-refractivity contribution >= 4 is 10.8 Å². The van der Waals surface area contributed by atoms with E-state index in [1.165, 1.54) is 35.6 Å². The van der Waals surface area contributed by atoms with E-state index < -0.39 is 0 Å². The lowest BCUT2D eigenvalue weighted by atomic mass is 9.95. The van der Waals surface area contributed by atoms with Gasteiger partial charge in [-0.1, -0.05) is 49.4 Å². The number of rotatable bonds is 5. The summed E-state index contributed by atoms with van der Waals surface area (Å²) in [6.07, 6.45) is 3.99. The molecule has 1 aliphatic carbocycles. The van der Waals surface area contributed by atoms with Crippen LogP contribution in [-0.2, 0) is 0 Å². The molecule has 0 radical (unpaired) electrons. The van der Waals surface area contributed by atoms with Crippen LogP contribution in [0.5, 0.6) is 0 Å². The zero-order valence-electron chi connectivity index (χ0n) is 11.0. The molecule has 1 saturated carbocycles. The van der Waals surface area contributed by atoms with Crippen molar-refractivity contribution in [1.29, 1.82) is 0 Å². The van der Waals surface area contributed by atoms with E-state index in [0.29, 0.717) is 5.92 Å². The fraction of sp³-hybridized carbons (Fsp3) is 0.412. The Bertz CT molecular complexity index is 528. The van der Waals surface area contributed by atoms with Crippen molar-refractivity contribution < 1.29 is 0 Å². The molecular formula is C17H21N. The van der Waals surface area contributed by atoms with Gasteiger partial charge in [-0.15, -0.1) is 0 Å². The summed E-state index contributed by atoms with van der Waals surface area (Å²) in [5, 5.41) is 6.29. The maximum absolute atomic E-state index is 3.59. The first-order valence-electron chi connectivity index (χ1n) is 7.05. The van der Waals surface area contributed by atoms with Crippen LogP contribution in [0.3, 0.4) is 0 Å². The summed E-state index contributed by atoms with van der Waals surface area (Å²) in [5.41, 5.74) is 1.46. The number of nitrogens with one attached hydrogen (secondary N) is 1. The highest BCUT2D eigenvalue weighted by atomic mass is 14.9. The second kappa shape index (κ2) is 5.11. The van der Waals surface area contributed by atoms with Crippen LogP contribution in [0.2, 0.25) is 0 Å². The van der Waals surface area contributed by atoms with Gasteiger partial charge in [0.25, 0.3) is 0 Å². The normalized spacial score (nSPS) is 16.9. The van der Waals surface area contributed by atoms with Crippen LogP contribution >= 0.6 is 0 Å². The Morgan fingerprint density at radius 2 is 1.89 bits per heavy atom. The van der Waals surface area contributed by atoms with Crippen molar-refractivity contribution in [1.82, 2.24) is 5.32 Å². The van der Waals surface area contributed by atoms with Crippen molar-refractivity contribution in [3.05, 3.63) is 48.0 Å². The Labute approximate surface area is 109 Å². The van der Waals surface area contributed by atoms with Crippen molar-refractivity contribution in [3.8, 4) is 0 Å². The molecule has 94 valence electrons. The van der Waals surface area contributed by atoms with E-state index in [-0.39, 0.29) is 0 Å². The van der Waals surface area contributed by atoms with Crippen molar-refractivity contribution in [2.75, 3.05) is 6.54 Å². The van der Waals surface area contributed by atoms with Crippen molar-refractivity contribution in [2.24, 2.45) is 0 Å². The van der Waals surface area contributed by atoms with E-state index >= 15 is 0 Å². The van der Waals surface area contributed by atoms with Crippen molar-refractivity contribution in [3.63, 3.8) is 0 Å². The highest BCUT2D eigenvalue weighted by Crippen LogP contribution is 2.24. The zero-order chi connectivity index (χ0) is 12.4. The maximum Gasteiger partial charge on any atom is 0.00682 e. The second-order valence-corrected chi connectivity index (χ2v) is 5.52. The Morgan fingerprint density at radius 3 is 2.67 bits per heavy atom. The van der Waals surface area contributed by atoms with Crippen LogP contribution in [0.15, 0.2) is 42.5 Å². The molecule has 1 unspecified atom stereocenters. The molecule has 0 aliphatic heterocycles. The van der Waals surface area contributed by atoms with Gasteiger partial charge in [0.2, 0.25) is 0 Å². The molecule has 0 aromatic heterocycles. The molecule has 1 aliphatic rings. The first-order chi connectivity index (χ1) is 8.83. The summed E-state index contributed by atoms with van der Waals surface area (Å²) < 4.78 is 0. The Kier molecular flexibility index (Phi) is 3.33. The maximum atomic E-state index is 3.59. The molecule has 18 heavy (non-hydrogen) atoms. The Hall–Kier alpha value is -1.34. The number of hydrogen-bond donors (Lipinski definition) is 1. The third kappa shape index (κ3) is 2.73. The van der Waals surface area contributed by atoms with Gasteiger partial charge in [-0.2, -0.15) is 0 Å². The molecule has 0 amide bonds. The third-order valence-electron chi connectivity index (χ3n) is 3.93. The number of fused-ring (bicyclic) bond motifs is 1. The summed E-state index contributed by atoms with van der Waals surface area (Å²) in [7, 11) is 0. The zero-order valence-corrected chi connectivity index (χ0v) is 11.0. The monoisotopic (exact) mass is 239 g/mol.